The quantitative estimate of drug-likeness (QED) is 0.932. The molecule has 1 N–H and O–H groups in total. The molecule has 0 saturated heterocycles. The smallest absolute Gasteiger partial charge is 0.355 e. The molecule has 0 saturated carbocycles. The van der Waals surface area contributed by atoms with E-state index in [1.807, 2.05) is 23.0 Å². The second kappa shape index (κ2) is 5.36. The molecule has 0 aliphatic carbocycles. The zero-order chi connectivity index (χ0) is 14.0. The van der Waals surface area contributed by atoms with E-state index in [4.69, 9.17) is 5.11 Å². The van der Waals surface area contributed by atoms with Gasteiger partial charge in [0.25, 0.3) is 0 Å². The van der Waals surface area contributed by atoms with Gasteiger partial charge in [-0.2, -0.15) is 5.10 Å². The molecule has 0 bridgehead atoms. The second-order valence-electron chi connectivity index (χ2n) is 4.44. The highest BCUT2D eigenvalue weighted by molar-refractivity contribution is 7.12. The Labute approximate surface area is 115 Å². The van der Waals surface area contributed by atoms with Crippen LogP contribution in [0.4, 0.5) is 0 Å². The molecule has 2 aromatic rings. The zero-order valence-electron chi connectivity index (χ0n) is 11.0. The van der Waals surface area contributed by atoms with E-state index in [2.05, 4.69) is 23.9 Å². The Balaban J connectivity index is 2.17. The highest BCUT2D eigenvalue weighted by Gasteiger charge is 2.12. The number of carboxylic acids is 1. The van der Waals surface area contributed by atoms with Crippen molar-refractivity contribution in [2.75, 3.05) is 0 Å². The number of rotatable bonds is 4. The topological polar surface area (TPSA) is 68.0 Å². The zero-order valence-corrected chi connectivity index (χ0v) is 11.8. The van der Waals surface area contributed by atoms with Crippen LogP contribution in [0.3, 0.4) is 0 Å². The van der Waals surface area contributed by atoms with Crippen LogP contribution in [-0.4, -0.2) is 25.8 Å². The maximum absolute atomic E-state index is 10.9. The molecule has 0 aromatic carbocycles. The molecule has 100 valence electrons. The van der Waals surface area contributed by atoms with Gasteiger partial charge >= 0.3 is 5.97 Å². The highest BCUT2D eigenvalue weighted by Crippen LogP contribution is 2.19. The summed E-state index contributed by atoms with van der Waals surface area (Å²) in [5.41, 5.74) is 1.10. The fourth-order valence-electron chi connectivity index (χ4n) is 1.58. The van der Waals surface area contributed by atoms with Crippen molar-refractivity contribution in [3.05, 3.63) is 33.5 Å². The fraction of sp³-hybridized carbons (Fsp3) is 0.308. The average Bonchev–Trinajstić information content (AvgIpc) is 2.92. The highest BCUT2D eigenvalue weighted by atomic mass is 32.1. The van der Waals surface area contributed by atoms with E-state index < -0.39 is 5.97 Å². The number of hydrogen-bond acceptors (Lipinski definition) is 4. The van der Waals surface area contributed by atoms with Crippen molar-refractivity contribution in [1.29, 1.82) is 0 Å². The van der Waals surface area contributed by atoms with Gasteiger partial charge in [-0.25, -0.2) is 9.78 Å². The SMILES string of the molecule is Cc1sc(/C=C/c2cnn(C(C)C)c2)nc1C(=O)O. The Morgan fingerprint density at radius 1 is 1.47 bits per heavy atom. The third-order valence-corrected chi connectivity index (χ3v) is 3.52. The van der Waals surface area contributed by atoms with Crippen molar-refractivity contribution < 1.29 is 9.90 Å². The van der Waals surface area contributed by atoms with E-state index in [-0.39, 0.29) is 5.69 Å². The molecule has 0 amide bonds. The molecule has 2 heterocycles. The van der Waals surface area contributed by atoms with Gasteiger partial charge in [-0.05, 0) is 32.9 Å². The molecule has 0 spiro atoms. The van der Waals surface area contributed by atoms with Crippen LogP contribution in [0, 0.1) is 6.92 Å². The number of thiazole rings is 1. The molecule has 19 heavy (non-hydrogen) atoms. The van der Waals surface area contributed by atoms with Crippen molar-refractivity contribution in [2.24, 2.45) is 0 Å². The predicted octanol–water partition coefficient (Wildman–Crippen LogP) is 3.10. The summed E-state index contributed by atoms with van der Waals surface area (Å²) in [6.45, 7) is 5.88. The number of nitrogens with zero attached hydrogens (tertiary/aromatic N) is 3. The number of aryl methyl sites for hydroxylation is 1. The summed E-state index contributed by atoms with van der Waals surface area (Å²) in [5.74, 6) is -0.985. The van der Waals surface area contributed by atoms with Crippen LogP contribution in [0.2, 0.25) is 0 Å². The molecule has 2 aromatic heterocycles. The van der Waals surface area contributed by atoms with E-state index in [0.29, 0.717) is 15.9 Å². The number of aromatic carboxylic acids is 1. The number of carbonyl (C=O) groups is 1. The monoisotopic (exact) mass is 277 g/mol. The summed E-state index contributed by atoms with van der Waals surface area (Å²) >= 11 is 1.37. The van der Waals surface area contributed by atoms with Gasteiger partial charge in [-0.1, -0.05) is 0 Å². The van der Waals surface area contributed by atoms with Gasteiger partial charge in [0.1, 0.15) is 5.01 Å². The van der Waals surface area contributed by atoms with Gasteiger partial charge in [-0.3, -0.25) is 4.68 Å². The van der Waals surface area contributed by atoms with Gasteiger partial charge in [0.15, 0.2) is 5.69 Å². The lowest BCUT2D eigenvalue weighted by atomic mass is 10.3. The summed E-state index contributed by atoms with van der Waals surface area (Å²) in [5, 5.41) is 13.9. The molecular weight excluding hydrogens is 262 g/mol. The summed E-state index contributed by atoms with van der Waals surface area (Å²) in [7, 11) is 0. The number of aromatic nitrogens is 3. The summed E-state index contributed by atoms with van der Waals surface area (Å²) < 4.78 is 1.87. The Morgan fingerprint density at radius 2 is 2.21 bits per heavy atom. The number of carboxylic acid groups (broad SMARTS) is 1. The van der Waals surface area contributed by atoms with Crippen molar-refractivity contribution in [3.8, 4) is 0 Å². The van der Waals surface area contributed by atoms with Crippen molar-refractivity contribution in [2.45, 2.75) is 26.8 Å². The lowest BCUT2D eigenvalue weighted by molar-refractivity contribution is 0.0690. The molecule has 0 fully saturated rings. The average molecular weight is 277 g/mol. The van der Waals surface area contributed by atoms with Crippen molar-refractivity contribution in [3.63, 3.8) is 0 Å². The Morgan fingerprint density at radius 3 is 2.74 bits per heavy atom. The van der Waals surface area contributed by atoms with Gasteiger partial charge in [-0.15, -0.1) is 11.3 Å². The first-order valence-corrected chi connectivity index (χ1v) is 6.72. The molecule has 6 heteroatoms. The molecular formula is C13H15N3O2S. The van der Waals surface area contributed by atoms with E-state index >= 15 is 0 Å². The van der Waals surface area contributed by atoms with Gasteiger partial charge < -0.3 is 5.11 Å². The van der Waals surface area contributed by atoms with E-state index in [0.717, 1.165) is 5.56 Å². The Bertz CT molecular complexity index is 626. The maximum Gasteiger partial charge on any atom is 0.355 e. The van der Waals surface area contributed by atoms with Gasteiger partial charge in [0, 0.05) is 22.7 Å². The van der Waals surface area contributed by atoms with Crippen LogP contribution in [0.15, 0.2) is 12.4 Å². The standard InChI is InChI=1S/C13H15N3O2S/c1-8(2)16-7-10(6-14-16)4-5-11-15-12(13(17)18)9(3)19-11/h4-8H,1-3H3,(H,17,18)/b5-4+. The van der Waals surface area contributed by atoms with E-state index in [1.54, 1.807) is 13.1 Å². The summed E-state index contributed by atoms with van der Waals surface area (Å²) in [4.78, 5) is 15.7. The van der Waals surface area contributed by atoms with E-state index in [1.165, 1.54) is 11.3 Å². The van der Waals surface area contributed by atoms with Crippen molar-refractivity contribution >= 4 is 29.5 Å². The molecule has 2 rings (SSSR count). The van der Waals surface area contributed by atoms with Crippen LogP contribution in [-0.2, 0) is 0 Å². The number of hydrogen-bond donors (Lipinski definition) is 1. The van der Waals surface area contributed by atoms with Gasteiger partial charge in [0.05, 0.1) is 6.20 Å². The van der Waals surface area contributed by atoms with E-state index in [9.17, 15) is 4.79 Å². The lowest BCUT2D eigenvalue weighted by Gasteiger charge is -2.02. The predicted molar refractivity (Wildman–Crippen MR) is 75.4 cm³/mol. The third-order valence-electron chi connectivity index (χ3n) is 2.58. The third kappa shape index (κ3) is 3.08. The minimum atomic E-state index is -0.985. The second-order valence-corrected chi connectivity index (χ2v) is 5.68. The van der Waals surface area contributed by atoms with Crippen LogP contribution < -0.4 is 0 Å². The minimum Gasteiger partial charge on any atom is -0.476 e. The fourth-order valence-corrected chi connectivity index (χ4v) is 2.39. The molecule has 0 aliphatic heterocycles. The molecule has 0 aliphatic rings. The van der Waals surface area contributed by atoms with Crippen LogP contribution in [0.1, 0.15) is 45.8 Å². The molecule has 0 atom stereocenters. The van der Waals surface area contributed by atoms with Crippen molar-refractivity contribution in [1.82, 2.24) is 14.8 Å². The molecule has 0 unspecified atom stereocenters. The van der Waals surface area contributed by atoms with Crippen LogP contribution in [0.25, 0.3) is 12.2 Å². The summed E-state index contributed by atoms with van der Waals surface area (Å²) in [6.07, 6.45) is 7.41. The first-order valence-electron chi connectivity index (χ1n) is 5.90. The molecule has 0 radical (unpaired) electrons. The molecule has 5 nitrogen and oxygen atoms in total. The van der Waals surface area contributed by atoms with Crippen LogP contribution in [0.5, 0.6) is 0 Å². The van der Waals surface area contributed by atoms with Crippen LogP contribution >= 0.6 is 11.3 Å². The lowest BCUT2D eigenvalue weighted by Crippen LogP contribution is -1.99. The van der Waals surface area contributed by atoms with Gasteiger partial charge in [0.2, 0.25) is 0 Å². The summed E-state index contributed by atoms with van der Waals surface area (Å²) in [6, 6.07) is 0.322. The minimum absolute atomic E-state index is 0.127. The Kier molecular flexibility index (Phi) is 3.80. The normalized spacial score (nSPS) is 11.6. The first kappa shape index (κ1) is 13.5. The Hall–Kier alpha value is -1.95. The maximum atomic E-state index is 10.9. The largest absolute Gasteiger partial charge is 0.476 e. The first-order chi connectivity index (χ1) is 8.97.